The first kappa shape index (κ1) is 32.0. The van der Waals surface area contributed by atoms with Crippen molar-refractivity contribution in [2.45, 2.75) is 6.54 Å². The van der Waals surface area contributed by atoms with Crippen LogP contribution >= 0.6 is 40.2 Å². The molecule has 0 radical (unpaired) electrons. The standard InChI is InChI=1S/C34H31Cl2N5O4.BrH/c1-38(24-4-7-27(35)28(36)18-24)25-5-10-33(37-19-25)45-26-6-8-29-23(16-26)17-30(39(29)2)34(42)41-13-11-40(12-14-41)20-22-3-9-31-32(15-22)44-21-43-31;/h3-10,15-19H,11-14,20-21H2,1-2H3;1H. The normalized spacial score (nSPS) is 14.3. The Morgan fingerprint density at radius 3 is 2.43 bits per heavy atom. The molecule has 238 valence electrons. The Bertz CT molecular complexity index is 1890. The largest absolute Gasteiger partial charge is 0.454 e. The van der Waals surface area contributed by atoms with E-state index in [0.29, 0.717) is 40.5 Å². The second-order valence-electron chi connectivity index (χ2n) is 11.2. The van der Waals surface area contributed by atoms with Crippen molar-refractivity contribution in [3.63, 3.8) is 0 Å². The summed E-state index contributed by atoms with van der Waals surface area (Å²) in [6.07, 6.45) is 1.74. The minimum atomic E-state index is 0. The molecule has 2 aliphatic heterocycles. The number of carbonyl (C=O) groups excluding carboxylic acids is 1. The molecule has 0 atom stereocenters. The summed E-state index contributed by atoms with van der Waals surface area (Å²) in [5.41, 5.74) is 4.55. The van der Waals surface area contributed by atoms with Gasteiger partial charge in [-0.25, -0.2) is 4.98 Å². The second-order valence-corrected chi connectivity index (χ2v) is 12.0. The van der Waals surface area contributed by atoms with Gasteiger partial charge in [-0.05, 0) is 66.2 Å². The topological polar surface area (TPSA) is 72.3 Å². The van der Waals surface area contributed by atoms with Crippen molar-refractivity contribution in [2.75, 3.05) is 44.9 Å². The van der Waals surface area contributed by atoms with Crippen LogP contribution in [-0.4, -0.2) is 65.3 Å². The van der Waals surface area contributed by atoms with Gasteiger partial charge in [-0.1, -0.05) is 29.3 Å². The lowest BCUT2D eigenvalue weighted by molar-refractivity contribution is 0.0619. The highest BCUT2D eigenvalue weighted by molar-refractivity contribution is 8.93. The lowest BCUT2D eigenvalue weighted by Gasteiger charge is -2.34. The van der Waals surface area contributed by atoms with Crippen molar-refractivity contribution >= 4 is 68.4 Å². The number of nitrogens with zero attached hydrogens (tertiary/aromatic N) is 5. The van der Waals surface area contributed by atoms with Crippen LogP contribution in [0.2, 0.25) is 10.0 Å². The summed E-state index contributed by atoms with van der Waals surface area (Å²) in [6, 6.07) is 23.0. The summed E-state index contributed by atoms with van der Waals surface area (Å²) < 4.78 is 19.0. The summed E-state index contributed by atoms with van der Waals surface area (Å²) >= 11 is 12.2. The molecule has 3 aromatic carbocycles. The molecule has 9 nitrogen and oxygen atoms in total. The van der Waals surface area contributed by atoms with Crippen molar-refractivity contribution < 1.29 is 19.0 Å². The van der Waals surface area contributed by atoms with Gasteiger partial charge in [0.05, 0.1) is 21.9 Å². The molecular formula is C34H32BrCl2N5O4. The predicted octanol–water partition coefficient (Wildman–Crippen LogP) is 7.70. The molecule has 0 aliphatic carbocycles. The maximum absolute atomic E-state index is 13.6. The number of benzene rings is 3. The molecule has 5 aromatic rings. The Balaban J connectivity index is 0.00000372. The molecule has 1 amide bonds. The van der Waals surface area contributed by atoms with E-state index in [1.54, 1.807) is 12.3 Å². The fourth-order valence-corrected chi connectivity index (χ4v) is 6.05. The van der Waals surface area contributed by atoms with E-state index >= 15 is 0 Å². The number of halogens is 3. The second kappa shape index (κ2) is 13.4. The molecule has 1 fully saturated rings. The molecule has 1 saturated heterocycles. The third kappa shape index (κ3) is 6.48. The molecule has 4 heterocycles. The van der Waals surface area contributed by atoms with E-state index in [2.05, 4.69) is 16.0 Å². The number of anilines is 2. The maximum atomic E-state index is 13.6. The van der Waals surface area contributed by atoms with Gasteiger partial charge in [0, 0.05) is 69.5 Å². The van der Waals surface area contributed by atoms with Gasteiger partial charge >= 0.3 is 0 Å². The first-order valence-corrected chi connectivity index (χ1v) is 15.4. The third-order valence-electron chi connectivity index (χ3n) is 8.36. The number of aryl methyl sites for hydroxylation is 1. The lowest BCUT2D eigenvalue weighted by atomic mass is 10.1. The van der Waals surface area contributed by atoms with E-state index in [4.69, 9.17) is 37.4 Å². The van der Waals surface area contributed by atoms with Crippen molar-refractivity contribution in [3.8, 4) is 23.1 Å². The maximum Gasteiger partial charge on any atom is 0.270 e. The first-order valence-electron chi connectivity index (χ1n) is 14.6. The summed E-state index contributed by atoms with van der Waals surface area (Å²) in [5, 5.41) is 1.93. The summed E-state index contributed by atoms with van der Waals surface area (Å²) in [4.78, 5) is 24.3. The predicted molar refractivity (Wildman–Crippen MR) is 186 cm³/mol. The monoisotopic (exact) mass is 723 g/mol. The molecule has 12 heteroatoms. The van der Waals surface area contributed by atoms with E-state index in [1.807, 2.05) is 89.1 Å². The molecule has 46 heavy (non-hydrogen) atoms. The number of amides is 1. The molecule has 7 rings (SSSR count). The zero-order chi connectivity index (χ0) is 31.1. The highest BCUT2D eigenvalue weighted by atomic mass is 79.9. The lowest BCUT2D eigenvalue weighted by Crippen LogP contribution is -2.48. The molecule has 0 bridgehead atoms. The average Bonchev–Trinajstić information content (AvgIpc) is 3.66. The van der Waals surface area contributed by atoms with Crippen molar-refractivity contribution in [3.05, 3.63) is 100 Å². The number of rotatable bonds is 7. The van der Waals surface area contributed by atoms with Crippen LogP contribution in [0, 0.1) is 0 Å². The minimum absolute atomic E-state index is 0. The third-order valence-corrected chi connectivity index (χ3v) is 9.10. The van der Waals surface area contributed by atoms with Gasteiger partial charge in [0.2, 0.25) is 12.7 Å². The van der Waals surface area contributed by atoms with Crippen LogP contribution in [-0.2, 0) is 13.6 Å². The van der Waals surface area contributed by atoms with E-state index < -0.39 is 0 Å². The number of pyridine rings is 1. The quantitative estimate of drug-likeness (QED) is 0.170. The average molecular weight is 725 g/mol. The van der Waals surface area contributed by atoms with Crippen LogP contribution < -0.4 is 19.1 Å². The van der Waals surface area contributed by atoms with Gasteiger partial charge in [-0.3, -0.25) is 9.69 Å². The SMILES string of the molecule is Br.CN(c1ccc(Oc2ccc3c(c2)cc(C(=O)N2CCN(Cc4ccc5c(c4)OCO5)CC2)n3C)nc1)c1ccc(Cl)c(Cl)c1. The molecule has 2 aliphatic rings. The number of fused-ring (bicyclic) bond motifs is 2. The highest BCUT2D eigenvalue weighted by Crippen LogP contribution is 2.34. The Hall–Kier alpha value is -3.96. The number of aromatic nitrogens is 2. The van der Waals surface area contributed by atoms with Crippen LogP contribution in [0.3, 0.4) is 0 Å². The van der Waals surface area contributed by atoms with E-state index in [-0.39, 0.29) is 29.7 Å². The molecule has 0 spiro atoms. The number of ether oxygens (including phenoxy) is 3. The number of carbonyl (C=O) groups is 1. The zero-order valence-corrected chi connectivity index (χ0v) is 28.5. The fraction of sp³-hybridized carbons (Fsp3) is 0.235. The zero-order valence-electron chi connectivity index (χ0n) is 25.3. The smallest absolute Gasteiger partial charge is 0.270 e. The number of piperazine rings is 1. The summed E-state index contributed by atoms with van der Waals surface area (Å²) in [6.45, 7) is 4.02. The summed E-state index contributed by atoms with van der Waals surface area (Å²) in [5.74, 6) is 2.72. The van der Waals surface area contributed by atoms with Crippen molar-refractivity contribution in [2.24, 2.45) is 7.05 Å². The van der Waals surface area contributed by atoms with Gasteiger partial charge in [0.25, 0.3) is 5.91 Å². The Morgan fingerprint density at radius 1 is 0.891 bits per heavy atom. The molecule has 0 saturated carbocycles. The van der Waals surface area contributed by atoms with Gasteiger partial charge in [0.1, 0.15) is 11.4 Å². The van der Waals surface area contributed by atoms with Crippen molar-refractivity contribution in [1.82, 2.24) is 19.4 Å². The summed E-state index contributed by atoms with van der Waals surface area (Å²) in [7, 11) is 3.86. The van der Waals surface area contributed by atoms with Gasteiger partial charge in [-0.2, -0.15) is 0 Å². The van der Waals surface area contributed by atoms with Crippen LogP contribution in [0.15, 0.2) is 79.0 Å². The van der Waals surface area contributed by atoms with Crippen LogP contribution in [0.4, 0.5) is 11.4 Å². The molecule has 0 unspecified atom stereocenters. The van der Waals surface area contributed by atoms with Crippen LogP contribution in [0.1, 0.15) is 16.1 Å². The van der Waals surface area contributed by atoms with Crippen molar-refractivity contribution in [1.29, 1.82) is 0 Å². The van der Waals surface area contributed by atoms with E-state index in [9.17, 15) is 4.79 Å². The number of hydrogen-bond donors (Lipinski definition) is 0. The highest BCUT2D eigenvalue weighted by Gasteiger charge is 2.25. The number of hydrogen-bond acceptors (Lipinski definition) is 7. The minimum Gasteiger partial charge on any atom is -0.454 e. The van der Waals surface area contributed by atoms with E-state index in [1.165, 1.54) is 5.56 Å². The van der Waals surface area contributed by atoms with Gasteiger partial charge < -0.3 is 28.6 Å². The van der Waals surface area contributed by atoms with Gasteiger partial charge in [0.15, 0.2) is 11.5 Å². The Morgan fingerprint density at radius 2 is 1.67 bits per heavy atom. The van der Waals surface area contributed by atoms with Crippen LogP contribution in [0.25, 0.3) is 10.9 Å². The molecule has 0 N–H and O–H groups in total. The molecule has 2 aromatic heterocycles. The first-order chi connectivity index (χ1) is 21.8. The Kier molecular flexibility index (Phi) is 9.33. The van der Waals surface area contributed by atoms with Gasteiger partial charge in [-0.15, -0.1) is 17.0 Å². The fourth-order valence-electron chi connectivity index (χ4n) is 5.76. The Labute approximate surface area is 287 Å². The van der Waals surface area contributed by atoms with Crippen LogP contribution in [0.5, 0.6) is 23.1 Å². The van der Waals surface area contributed by atoms with E-state index in [0.717, 1.165) is 53.4 Å². The molecular weight excluding hydrogens is 693 g/mol.